The molecule has 9 nitrogen and oxygen atoms in total. The molecule has 2 heterocycles. The molecule has 2 N–H and O–H groups in total. The van der Waals surface area contributed by atoms with Gasteiger partial charge in [-0.05, 0) is 25.2 Å². The third-order valence-electron chi connectivity index (χ3n) is 5.72. The fraction of sp³-hybridized carbons (Fsp3) is 0.611. The Labute approximate surface area is 157 Å². The van der Waals surface area contributed by atoms with Crippen molar-refractivity contribution in [2.45, 2.75) is 19.9 Å². The van der Waals surface area contributed by atoms with Crippen LogP contribution in [0.5, 0.6) is 0 Å². The Morgan fingerprint density at radius 2 is 1.93 bits per heavy atom. The van der Waals surface area contributed by atoms with Crippen molar-refractivity contribution >= 4 is 17.8 Å². The minimum Gasteiger partial charge on any atom is -0.357 e. The number of aliphatic imine (C=N–C) groups is 1. The molecule has 1 aromatic heterocycles. The number of allylic oxidation sites excluding steroid dienone is 2. The fourth-order valence-electron chi connectivity index (χ4n) is 4.41. The molecule has 2 fully saturated rings. The maximum Gasteiger partial charge on any atom is 0.233 e. The molecule has 1 saturated carbocycles. The third kappa shape index (κ3) is 3.11. The van der Waals surface area contributed by atoms with Crippen molar-refractivity contribution in [2.75, 3.05) is 19.6 Å². The van der Waals surface area contributed by atoms with E-state index in [4.69, 9.17) is 0 Å². The van der Waals surface area contributed by atoms with Gasteiger partial charge in [0.05, 0.1) is 11.8 Å². The van der Waals surface area contributed by atoms with Crippen LogP contribution in [0.2, 0.25) is 0 Å². The van der Waals surface area contributed by atoms with Crippen LogP contribution in [0.3, 0.4) is 0 Å². The third-order valence-corrected chi connectivity index (χ3v) is 5.72. The number of rotatable bonds is 6. The van der Waals surface area contributed by atoms with Gasteiger partial charge in [0.2, 0.25) is 11.8 Å². The lowest BCUT2D eigenvalue weighted by Gasteiger charge is -2.18. The first kappa shape index (κ1) is 17.7. The number of carbonyl (C=O) groups is 2. The molecule has 2 amide bonds. The van der Waals surface area contributed by atoms with E-state index in [1.54, 1.807) is 6.33 Å². The van der Waals surface area contributed by atoms with Gasteiger partial charge in [-0.15, -0.1) is 10.2 Å². The van der Waals surface area contributed by atoms with Crippen LogP contribution in [0.25, 0.3) is 0 Å². The van der Waals surface area contributed by atoms with E-state index in [1.165, 1.54) is 4.90 Å². The number of guanidine groups is 1. The summed E-state index contributed by atoms with van der Waals surface area (Å²) in [5.74, 6) is 1.60. The first-order chi connectivity index (χ1) is 13.1. The smallest absolute Gasteiger partial charge is 0.233 e. The summed E-state index contributed by atoms with van der Waals surface area (Å²) in [6.07, 6.45) is 6.81. The first-order valence-electron chi connectivity index (χ1n) is 9.48. The van der Waals surface area contributed by atoms with E-state index in [0.29, 0.717) is 32.1 Å². The van der Waals surface area contributed by atoms with Crippen LogP contribution in [-0.4, -0.2) is 57.1 Å². The van der Waals surface area contributed by atoms with E-state index in [9.17, 15) is 9.59 Å². The normalized spacial score (nSPS) is 29.0. The summed E-state index contributed by atoms with van der Waals surface area (Å²) in [6.45, 7) is 3.91. The lowest BCUT2D eigenvalue weighted by Crippen LogP contribution is -2.43. The number of aryl methyl sites for hydroxylation is 1. The van der Waals surface area contributed by atoms with Crippen LogP contribution in [0.4, 0.5) is 0 Å². The highest BCUT2D eigenvalue weighted by Gasteiger charge is 2.58. The number of hydrogen-bond acceptors (Lipinski definition) is 5. The van der Waals surface area contributed by atoms with Crippen molar-refractivity contribution in [2.24, 2.45) is 35.7 Å². The van der Waals surface area contributed by atoms with Crippen LogP contribution in [0.1, 0.15) is 19.2 Å². The minimum atomic E-state index is -0.134. The van der Waals surface area contributed by atoms with Gasteiger partial charge in [0.25, 0.3) is 0 Å². The number of hydrogen-bond donors (Lipinski definition) is 2. The van der Waals surface area contributed by atoms with Crippen LogP contribution < -0.4 is 10.6 Å². The zero-order valence-electron chi connectivity index (χ0n) is 15.6. The van der Waals surface area contributed by atoms with E-state index in [1.807, 2.05) is 18.5 Å². The minimum absolute atomic E-state index is 0.00956. The predicted molar refractivity (Wildman–Crippen MR) is 98.3 cm³/mol. The predicted octanol–water partition coefficient (Wildman–Crippen LogP) is -0.323. The second-order valence-corrected chi connectivity index (χ2v) is 7.31. The van der Waals surface area contributed by atoms with Crippen LogP contribution in [-0.2, 0) is 23.2 Å². The van der Waals surface area contributed by atoms with Gasteiger partial charge >= 0.3 is 0 Å². The lowest BCUT2D eigenvalue weighted by molar-refractivity contribution is -0.140. The van der Waals surface area contributed by atoms with Crippen LogP contribution >= 0.6 is 0 Å². The SMILES string of the molecule is CCNC(=NCc1nncn1C)NCCN1C(=O)C2C3C=CC(C3)C2C1=O. The Morgan fingerprint density at radius 1 is 1.22 bits per heavy atom. The van der Waals surface area contributed by atoms with Gasteiger partial charge in [-0.2, -0.15) is 0 Å². The molecule has 1 aromatic rings. The Hall–Kier alpha value is -2.71. The van der Waals surface area contributed by atoms with Gasteiger partial charge in [0.15, 0.2) is 11.8 Å². The summed E-state index contributed by atoms with van der Waals surface area (Å²) in [5.41, 5.74) is 0. The lowest BCUT2D eigenvalue weighted by atomic mass is 9.85. The maximum atomic E-state index is 12.7. The summed E-state index contributed by atoms with van der Waals surface area (Å²) in [5, 5.41) is 14.2. The van der Waals surface area contributed by atoms with Gasteiger partial charge in [-0.1, -0.05) is 12.2 Å². The van der Waals surface area contributed by atoms with E-state index in [2.05, 4.69) is 38.0 Å². The Kier molecular flexibility index (Phi) is 4.67. The number of carbonyl (C=O) groups excluding carboxylic acids is 2. The average molecular weight is 371 g/mol. The van der Waals surface area contributed by atoms with Gasteiger partial charge in [-0.3, -0.25) is 14.5 Å². The average Bonchev–Trinajstić information content (AvgIpc) is 3.41. The van der Waals surface area contributed by atoms with Crippen molar-refractivity contribution in [1.82, 2.24) is 30.3 Å². The van der Waals surface area contributed by atoms with Crippen molar-refractivity contribution in [3.8, 4) is 0 Å². The molecule has 4 rings (SSSR count). The molecule has 1 saturated heterocycles. The van der Waals surface area contributed by atoms with E-state index >= 15 is 0 Å². The van der Waals surface area contributed by atoms with Gasteiger partial charge in [-0.25, -0.2) is 4.99 Å². The monoisotopic (exact) mass is 371 g/mol. The molecule has 0 aromatic carbocycles. The molecular formula is C18H25N7O2. The molecule has 27 heavy (non-hydrogen) atoms. The largest absolute Gasteiger partial charge is 0.357 e. The molecule has 2 aliphatic carbocycles. The van der Waals surface area contributed by atoms with Crippen LogP contribution in [0.15, 0.2) is 23.5 Å². The molecule has 4 atom stereocenters. The number of nitrogens with one attached hydrogen (secondary N) is 2. The molecule has 1 aliphatic heterocycles. The molecule has 2 bridgehead atoms. The fourth-order valence-corrected chi connectivity index (χ4v) is 4.41. The second kappa shape index (κ2) is 7.13. The van der Waals surface area contributed by atoms with Gasteiger partial charge in [0.1, 0.15) is 12.9 Å². The molecule has 4 unspecified atom stereocenters. The topological polar surface area (TPSA) is 105 Å². The number of amides is 2. The van der Waals surface area contributed by atoms with Crippen molar-refractivity contribution in [1.29, 1.82) is 0 Å². The quantitative estimate of drug-likeness (QED) is 0.307. The first-order valence-corrected chi connectivity index (χ1v) is 9.48. The van der Waals surface area contributed by atoms with E-state index in [0.717, 1.165) is 12.2 Å². The van der Waals surface area contributed by atoms with Gasteiger partial charge < -0.3 is 15.2 Å². The zero-order chi connectivity index (χ0) is 19.0. The van der Waals surface area contributed by atoms with Crippen LogP contribution in [0, 0.1) is 23.7 Å². The number of likely N-dealkylation sites (tertiary alicyclic amines) is 1. The number of imide groups is 1. The highest BCUT2D eigenvalue weighted by molar-refractivity contribution is 6.06. The highest BCUT2D eigenvalue weighted by atomic mass is 16.2. The van der Waals surface area contributed by atoms with Crippen molar-refractivity contribution in [3.63, 3.8) is 0 Å². The number of aromatic nitrogens is 3. The molecule has 0 spiro atoms. The molecule has 9 heteroatoms. The second-order valence-electron chi connectivity index (χ2n) is 7.31. The molecular weight excluding hydrogens is 346 g/mol. The molecule has 0 radical (unpaired) electrons. The number of fused-ring (bicyclic) bond motifs is 5. The summed E-state index contributed by atoms with van der Waals surface area (Å²) in [6, 6.07) is 0. The Morgan fingerprint density at radius 3 is 2.52 bits per heavy atom. The maximum absolute atomic E-state index is 12.7. The standard InChI is InChI=1S/C18H25N7O2/c1-3-19-18(21-9-13-23-22-10-24(13)2)20-6-7-25-16(26)14-11-4-5-12(8-11)15(14)17(25)27/h4-5,10-12,14-15H,3,6-9H2,1-2H3,(H2,19,20,21). The van der Waals surface area contributed by atoms with Crippen molar-refractivity contribution in [3.05, 3.63) is 24.3 Å². The zero-order valence-corrected chi connectivity index (χ0v) is 15.6. The summed E-state index contributed by atoms with van der Waals surface area (Å²) in [7, 11) is 1.87. The molecule has 144 valence electrons. The van der Waals surface area contributed by atoms with Crippen molar-refractivity contribution < 1.29 is 9.59 Å². The summed E-state index contributed by atoms with van der Waals surface area (Å²) < 4.78 is 1.82. The number of nitrogens with zero attached hydrogens (tertiary/aromatic N) is 5. The van der Waals surface area contributed by atoms with E-state index in [-0.39, 0.29) is 35.5 Å². The molecule has 3 aliphatic rings. The van der Waals surface area contributed by atoms with E-state index < -0.39 is 0 Å². The summed E-state index contributed by atoms with van der Waals surface area (Å²) in [4.78, 5) is 31.3. The Bertz CT molecular complexity index is 769. The Balaban J connectivity index is 1.33. The summed E-state index contributed by atoms with van der Waals surface area (Å²) >= 11 is 0. The van der Waals surface area contributed by atoms with Gasteiger partial charge in [0, 0.05) is 26.7 Å². The highest BCUT2D eigenvalue weighted by Crippen LogP contribution is 2.52.